The SMILES string of the molecule is CCCS(=O)(=O)NC(C)C#N. The van der Waals surface area contributed by atoms with E-state index in [0.29, 0.717) is 6.42 Å². The Morgan fingerprint density at radius 1 is 1.64 bits per heavy atom. The molecular weight excluding hydrogens is 164 g/mol. The third-order valence-corrected chi connectivity index (χ3v) is 2.68. The molecule has 0 aliphatic rings. The first-order chi connectivity index (χ1) is 5.02. The van der Waals surface area contributed by atoms with Crippen LogP contribution in [0.25, 0.3) is 0 Å². The van der Waals surface area contributed by atoms with Crippen LogP contribution in [0.15, 0.2) is 0 Å². The van der Waals surface area contributed by atoms with E-state index in [0.717, 1.165) is 0 Å². The molecule has 64 valence electrons. The van der Waals surface area contributed by atoms with Gasteiger partial charge in [-0.2, -0.15) is 9.98 Å². The Hall–Kier alpha value is -0.600. The van der Waals surface area contributed by atoms with Crippen molar-refractivity contribution in [3.8, 4) is 6.07 Å². The third kappa shape index (κ3) is 4.76. The maximum absolute atomic E-state index is 10.9. The Labute approximate surface area is 67.3 Å². The zero-order valence-electron chi connectivity index (χ0n) is 6.66. The lowest BCUT2D eigenvalue weighted by atomic mass is 10.4. The van der Waals surface area contributed by atoms with Crippen LogP contribution in [0, 0.1) is 11.3 Å². The molecule has 0 amide bonds. The van der Waals surface area contributed by atoms with Crippen molar-refractivity contribution in [2.24, 2.45) is 0 Å². The summed E-state index contributed by atoms with van der Waals surface area (Å²) >= 11 is 0. The van der Waals surface area contributed by atoms with E-state index in [1.165, 1.54) is 6.92 Å². The summed E-state index contributed by atoms with van der Waals surface area (Å²) in [5.74, 6) is 0.0824. The van der Waals surface area contributed by atoms with Crippen molar-refractivity contribution in [1.82, 2.24) is 4.72 Å². The second kappa shape index (κ2) is 4.31. The molecule has 0 bridgehead atoms. The van der Waals surface area contributed by atoms with Gasteiger partial charge in [0.25, 0.3) is 0 Å². The molecule has 0 spiro atoms. The molecule has 0 saturated carbocycles. The molecular formula is C6H12N2O2S. The fourth-order valence-corrected chi connectivity index (χ4v) is 1.87. The fourth-order valence-electron chi connectivity index (χ4n) is 0.623. The van der Waals surface area contributed by atoms with Crippen molar-refractivity contribution in [1.29, 1.82) is 5.26 Å². The largest absolute Gasteiger partial charge is 0.212 e. The summed E-state index contributed by atoms with van der Waals surface area (Å²) in [7, 11) is -3.22. The van der Waals surface area contributed by atoms with Crippen LogP contribution in [0.1, 0.15) is 20.3 Å². The molecule has 0 saturated heterocycles. The smallest absolute Gasteiger partial charge is 0.212 e. The Kier molecular flexibility index (Phi) is 4.08. The monoisotopic (exact) mass is 176 g/mol. The van der Waals surface area contributed by atoms with Gasteiger partial charge in [-0.1, -0.05) is 6.92 Å². The second-order valence-corrected chi connectivity index (χ2v) is 4.16. The maximum Gasteiger partial charge on any atom is 0.212 e. The van der Waals surface area contributed by atoms with Crippen molar-refractivity contribution in [3.05, 3.63) is 0 Å². The molecule has 0 aromatic carbocycles. The zero-order valence-corrected chi connectivity index (χ0v) is 7.48. The number of nitrogens with zero attached hydrogens (tertiary/aromatic N) is 1. The number of nitriles is 1. The highest BCUT2D eigenvalue weighted by Crippen LogP contribution is 1.90. The molecule has 1 unspecified atom stereocenters. The van der Waals surface area contributed by atoms with Crippen LogP contribution in [-0.4, -0.2) is 20.2 Å². The van der Waals surface area contributed by atoms with E-state index in [9.17, 15) is 8.42 Å². The molecule has 0 aliphatic carbocycles. The summed E-state index contributed by atoms with van der Waals surface area (Å²) in [5, 5.41) is 8.29. The standard InChI is InChI=1S/C6H12N2O2S/c1-3-4-11(9,10)8-6(2)5-7/h6,8H,3-4H2,1-2H3. The van der Waals surface area contributed by atoms with Crippen LogP contribution in [0.3, 0.4) is 0 Å². The number of rotatable bonds is 4. The molecule has 1 atom stereocenters. The lowest BCUT2D eigenvalue weighted by Gasteiger charge is -2.05. The highest BCUT2D eigenvalue weighted by molar-refractivity contribution is 7.89. The molecule has 11 heavy (non-hydrogen) atoms. The predicted molar refractivity (Wildman–Crippen MR) is 42.3 cm³/mol. The van der Waals surface area contributed by atoms with E-state index < -0.39 is 16.1 Å². The maximum atomic E-state index is 10.9. The topological polar surface area (TPSA) is 70.0 Å². The fraction of sp³-hybridized carbons (Fsp3) is 0.833. The van der Waals surface area contributed by atoms with Crippen LogP contribution in [0.2, 0.25) is 0 Å². The van der Waals surface area contributed by atoms with Gasteiger partial charge in [-0.15, -0.1) is 0 Å². The minimum Gasteiger partial charge on any atom is -0.212 e. The summed E-state index contributed by atoms with van der Waals surface area (Å²) in [5.41, 5.74) is 0. The van der Waals surface area contributed by atoms with Crippen molar-refractivity contribution < 1.29 is 8.42 Å². The third-order valence-electron chi connectivity index (χ3n) is 1.02. The average Bonchev–Trinajstić information content (AvgIpc) is 1.86. The van der Waals surface area contributed by atoms with Gasteiger partial charge in [0.2, 0.25) is 10.0 Å². The number of nitrogens with one attached hydrogen (secondary N) is 1. The molecule has 0 aliphatic heterocycles. The van der Waals surface area contributed by atoms with Crippen molar-refractivity contribution in [2.75, 3.05) is 5.75 Å². The number of hydrogen-bond donors (Lipinski definition) is 1. The Balaban J connectivity index is 4.05. The van der Waals surface area contributed by atoms with E-state index in [1.807, 2.05) is 0 Å². The van der Waals surface area contributed by atoms with Crippen LogP contribution < -0.4 is 4.72 Å². The molecule has 0 aromatic rings. The van der Waals surface area contributed by atoms with Gasteiger partial charge in [-0.05, 0) is 13.3 Å². The van der Waals surface area contributed by atoms with Crippen LogP contribution in [0.4, 0.5) is 0 Å². The Morgan fingerprint density at radius 3 is 2.55 bits per heavy atom. The minimum absolute atomic E-state index is 0.0824. The van der Waals surface area contributed by atoms with E-state index >= 15 is 0 Å². The van der Waals surface area contributed by atoms with Gasteiger partial charge in [0.1, 0.15) is 6.04 Å². The molecule has 0 aromatic heterocycles. The summed E-state index contributed by atoms with van der Waals surface area (Å²) in [6.07, 6.45) is 0.563. The molecule has 1 N–H and O–H groups in total. The van der Waals surface area contributed by atoms with E-state index in [-0.39, 0.29) is 5.75 Å². The summed E-state index contributed by atoms with van der Waals surface area (Å²) in [6.45, 7) is 3.28. The first kappa shape index (κ1) is 10.4. The van der Waals surface area contributed by atoms with Crippen molar-refractivity contribution >= 4 is 10.0 Å². The highest BCUT2D eigenvalue weighted by Gasteiger charge is 2.11. The number of sulfonamides is 1. The minimum atomic E-state index is -3.22. The lowest BCUT2D eigenvalue weighted by Crippen LogP contribution is -2.33. The molecule has 0 radical (unpaired) electrons. The normalized spacial score (nSPS) is 13.9. The first-order valence-electron chi connectivity index (χ1n) is 3.41. The molecule has 0 heterocycles. The Morgan fingerprint density at radius 2 is 2.18 bits per heavy atom. The van der Waals surface area contributed by atoms with Crippen LogP contribution >= 0.6 is 0 Å². The van der Waals surface area contributed by atoms with Crippen LogP contribution in [-0.2, 0) is 10.0 Å². The average molecular weight is 176 g/mol. The van der Waals surface area contributed by atoms with Gasteiger partial charge in [-0.3, -0.25) is 0 Å². The van der Waals surface area contributed by atoms with Gasteiger partial charge >= 0.3 is 0 Å². The number of hydrogen-bond acceptors (Lipinski definition) is 3. The Bertz CT molecular complexity index is 240. The van der Waals surface area contributed by atoms with Gasteiger partial charge in [0.05, 0.1) is 11.8 Å². The van der Waals surface area contributed by atoms with Crippen LogP contribution in [0.5, 0.6) is 0 Å². The van der Waals surface area contributed by atoms with Gasteiger partial charge < -0.3 is 0 Å². The quantitative estimate of drug-likeness (QED) is 0.666. The van der Waals surface area contributed by atoms with Crippen molar-refractivity contribution in [2.45, 2.75) is 26.3 Å². The lowest BCUT2D eigenvalue weighted by molar-refractivity contribution is 0.576. The summed E-state index contributed by atoms with van der Waals surface area (Å²) in [6, 6.07) is 1.16. The summed E-state index contributed by atoms with van der Waals surface area (Å²) in [4.78, 5) is 0. The zero-order chi connectivity index (χ0) is 8.91. The summed E-state index contributed by atoms with van der Waals surface area (Å²) < 4.78 is 24.1. The van der Waals surface area contributed by atoms with Crippen molar-refractivity contribution in [3.63, 3.8) is 0 Å². The van der Waals surface area contributed by atoms with Gasteiger partial charge in [-0.25, -0.2) is 8.42 Å². The van der Waals surface area contributed by atoms with E-state index in [2.05, 4.69) is 4.72 Å². The van der Waals surface area contributed by atoms with Gasteiger partial charge in [0.15, 0.2) is 0 Å². The van der Waals surface area contributed by atoms with E-state index in [1.54, 1.807) is 13.0 Å². The van der Waals surface area contributed by atoms with E-state index in [4.69, 9.17) is 5.26 Å². The molecule has 5 heteroatoms. The highest BCUT2D eigenvalue weighted by atomic mass is 32.2. The molecule has 0 rings (SSSR count). The molecule has 0 fully saturated rings. The second-order valence-electron chi connectivity index (χ2n) is 2.29. The first-order valence-corrected chi connectivity index (χ1v) is 5.06. The predicted octanol–water partition coefficient (Wildman–Crippen LogP) is 0.228. The van der Waals surface area contributed by atoms with Gasteiger partial charge in [0, 0.05) is 0 Å². The molecule has 4 nitrogen and oxygen atoms in total.